The van der Waals surface area contributed by atoms with Crippen LogP contribution in [0.3, 0.4) is 0 Å². The van der Waals surface area contributed by atoms with Crippen LogP contribution in [0.2, 0.25) is 0 Å². The highest BCUT2D eigenvalue weighted by Gasteiger charge is 1.94. The maximum absolute atomic E-state index is 5.65. The molecule has 3 nitrogen and oxygen atoms in total. The zero-order valence-electron chi connectivity index (χ0n) is 9.55. The molecule has 0 aliphatic heterocycles. The minimum absolute atomic E-state index is 0.371. The average Bonchev–Trinajstić information content (AvgIpc) is 2.10. The maximum Gasteiger partial charge on any atom is 0.188 e. The van der Waals surface area contributed by atoms with E-state index >= 15 is 0 Å². The van der Waals surface area contributed by atoms with Crippen LogP contribution >= 0.6 is 11.8 Å². The summed E-state index contributed by atoms with van der Waals surface area (Å²) in [6.07, 6.45) is 5.82. The second kappa shape index (κ2) is 9.19. The fraction of sp³-hybridized carbons (Fsp3) is 0.900. The normalized spacial score (nSPS) is 12.1. The molecule has 0 amide bonds. The lowest BCUT2D eigenvalue weighted by atomic mass is 10.2. The number of aliphatic imine (C=N–C) groups is 1. The first-order valence-corrected chi connectivity index (χ1v) is 6.61. The second-order valence-electron chi connectivity index (χ2n) is 3.62. The molecule has 3 N–H and O–H groups in total. The van der Waals surface area contributed by atoms with Crippen molar-refractivity contribution in [3.8, 4) is 0 Å². The second-order valence-corrected chi connectivity index (χ2v) is 4.61. The molecule has 84 valence electrons. The van der Waals surface area contributed by atoms with Gasteiger partial charge in [0.25, 0.3) is 0 Å². The molecule has 0 spiro atoms. The van der Waals surface area contributed by atoms with Crippen LogP contribution in [0.1, 0.15) is 33.1 Å². The third-order valence-electron chi connectivity index (χ3n) is 1.73. The van der Waals surface area contributed by atoms with Crippen molar-refractivity contribution in [1.82, 2.24) is 5.32 Å². The molecular weight excluding hydrogens is 194 g/mol. The van der Waals surface area contributed by atoms with Crippen LogP contribution in [0, 0.1) is 0 Å². The van der Waals surface area contributed by atoms with Gasteiger partial charge in [0.05, 0.1) is 0 Å². The van der Waals surface area contributed by atoms with Crippen molar-refractivity contribution in [1.29, 1.82) is 0 Å². The van der Waals surface area contributed by atoms with Crippen LogP contribution in [0.4, 0.5) is 0 Å². The molecule has 0 radical (unpaired) electrons. The van der Waals surface area contributed by atoms with Crippen molar-refractivity contribution in [3.63, 3.8) is 0 Å². The van der Waals surface area contributed by atoms with Crippen molar-refractivity contribution in [2.24, 2.45) is 10.7 Å². The summed E-state index contributed by atoms with van der Waals surface area (Å²) in [4.78, 5) is 4.24. The Kier molecular flexibility index (Phi) is 8.94. The van der Waals surface area contributed by atoms with Crippen LogP contribution in [0.15, 0.2) is 4.99 Å². The van der Waals surface area contributed by atoms with Crippen molar-refractivity contribution < 1.29 is 0 Å². The molecule has 0 rings (SSSR count). The molecule has 0 saturated carbocycles. The number of unbranched alkanes of at least 4 members (excludes halogenated alkanes) is 2. The van der Waals surface area contributed by atoms with Crippen LogP contribution < -0.4 is 11.1 Å². The topological polar surface area (TPSA) is 50.4 Å². The summed E-state index contributed by atoms with van der Waals surface area (Å²) in [5, 5.41) is 3.07. The summed E-state index contributed by atoms with van der Waals surface area (Å²) in [6, 6.07) is 0.371. The molecule has 4 heteroatoms. The van der Waals surface area contributed by atoms with Gasteiger partial charge < -0.3 is 11.1 Å². The van der Waals surface area contributed by atoms with Gasteiger partial charge in [-0.2, -0.15) is 11.8 Å². The lowest BCUT2D eigenvalue weighted by molar-refractivity contribution is 0.705. The maximum atomic E-state index is 5.65. The third kappa shape index (κ3) is 9.71. The Morgan fingerprint density at radius 3 is 2.64 bits per heavy atom. The number of nitrogens with one attached hydrogen (secondary N) is 1. The molecule has 0 aromatic rings. The number of nitrogens with zero attached hydrogens (tertiary/aromatic N) is 1. The standard InChI is InChI=1S/C10H23N3S/c1-9(2)13-10(11)12-7-5-4-6-8-14-3/h9H,4-8H2,1-3H3,(H3,11,12,13). The highest BCUT2D eigenvalue weighted by Crippen LogP contribution is 2.01. The molecule has 0 atom stereocenters. The minimum Gasteiger partial charge on any atom is -0.370 e. The lowest BCUT2D eigenvalue weighted by Crippen LogP contribution is -2.36. The van der Waals surface area contributed by atoms with E-state index in [0.29, 0.717) is 12.0 Å². The van der Waals surface area contributed by atoms with Crippen LogP contribution in [0.25, 0.3) is 0 Å². The molecular formula is C10H23N3S. The Labute approximate surface area is 91.9 Å². The molecule has 0 fully saturated rings. The number of hydrogen-bond acceptors (Lipinski definition) is 2. The third-order valence-corrected chi connectivity index (χ3v) is 2.42. The molecule has 0 bridgehead atoms. The average molecular weight is 217 g/mol. The van der Waals surface area contributed by atoms with Gasteiger partial charge >= 0.3 is 0 Å². The largest absolute Gasteiger partial charge is 0.370 e. The number of thioether (sulfide) groups is 1. The Morgan fingerprint density at radius 2 is 2.07 bits per heavy atom. The number of hydrogen-bond donors (Lipinski definition) is 2. The van der Waals surface area contributed by atoms with Gasteiger partial charge in [0.2, 0.25) is 0 Å². The Morgan fingerprint density at radius 1 is 1.36 bits per heavy atom. The van der Waals surface area contributed by atoms with Crippen molar-refractivity contribution in [3.05, 3.63) is 0 Å². The van der Waals surface area contributed by atoms with E-state index in [2.05, 4.69) is 30.4 Å². The van der Waals surface area contributed by atoms with Gasteiger partial charge in [-0.25, -0.2) is 0 Å². The summed E-state index contributed by atoms with van der Waals surface area (Å²) < 4.78 is 0. The predicted molar refractivity (Wildman–Crippen MR) is 67.0 cm³/mol. The van der Waals surface area contributed by atoms with E-state index in [9.17, 15) is 0 Å². The van der Waals surface area contributed by atoms with Gasteiger partial charge in [-0.15, -0.1) is 0 Å². The number of rotatable bonds is 7. The van der Waals surface area contributed by atoms with E-state index in [4.69, 9.17) is 5.73 Å². The van der Waals surface area contributed by atoms with E-state index in [1.54, 1.807) is 0 Å². The fourth-order valence-corrected chi connectivity index (χ4v) is 1.57. The zero-order chi connectivity index (χ0) is 10.8. The molecule has 0 unspecified atom stereocenters. The first-order chi connectivity index (χ1) is 6.66. The van der Waals surface area contributed by atoms with E-state index in [1.165, 1.54) is 18.6 Å². The molecule has 0 aliphatic rings. The fourth-order valence-electron chi connectivity index (χ4n) is 1.08. The molecule has 0 aromatic heterocycles. The van der Waals surface area contributed by atoms with Crippen LogP contribution in [-0.2, 0) is 0 Å². The predicted octanol–water partition coefficient (Wildman–Crippen LogP) is 1.83. The molecule has 14 heavy (non-hydrogen) atoms. The van der Waals surface area contributed by atoms with Gasteiger partial charge in [0.15, 0.2) is 5.96 Å². The molecule has 0 aliphatic carbocycles. The van der Waals surface area contributed by atoms with Gasteiger partial charge in [-0.05, 0) is 38.7 Å². The highest BCUT2D eigenvalue weighted by molar-refractivity contribution is 7.98. The Balaban J connectivity index is 3.32. The molecule has 0 saturated heterocycles. The van der Waals surface area contributed by atoms with E-state index in [-0.39, 0.29) is 0 Å². The van der Waals surface area contributed by atoms with Crippen LogP contribution in [-0.4, -0.2) is 30.6 Å². The summed E-state index contributed by atoms with van der Waals surface area (Å²) in [5.41, 5.74) is 5.65. The summed E-state index contributed by atoms with van der Waals surface area (Å²) in [6.45, 7) is 4.96. The SMILES string of the molecule is CSCCCCCN=C(N)NC(C)C. The van der Waals surface area contributed by atoms with Gasteiger partial charge in [0, 0.05) is 12.6 Å². The van der Waals surface area contributed by atoms with E-state index in [1.807, 2.05) is 11.8 Å². The van der Waals surface area contributed by atoms with Crippen LogP contribution in [0.5, 0.6) is 0 Å². The molecule has 0 aromatic carbocycles. The van der Waals surface area contributed by atoms with Gasteiger partial charge in [-0.3, -0.25) is 4.99 Å². The minimum atomic E-state index is 0.371. The van der Waals surface area contributed by atoms with Gasteiger partial charge in [-0.1, -0.05) is 6.42 Å². The first-order valence-electron chi connectivity index (χ1n) is 5.22. The Hall–Kier alpha value is -0.380. The number of guanidine groups is 1. The monoisotopic (exact) mass is 217 g/mol. The zero-order valence-corrected chi connectivity index (χ0v) is 10.4. The van der Waals surface area contributed by atoms with Crippen molar-refractivity contribution in [2.45, 2.75) is 39.2 Å². The number of nitrogens with two attached hydrogens (primary N) is 1. The summed E-state index contributed by atoms with van der Waals surface area (Å²) in [7, 11) is 0. The quantitative estimate of drug-likeness (QED) is 0.388. The highest BCUT2D eigenvalue weighted by atomic mass is 32.2. The smallest absolute Gasteiger partial charge is 0.188 e. The van der Waals surface area contributed by atoms with E-state index < -0.39 is 0 Å². The summed E-state index contributed by atoms with van der Waals surface area (Å²) in [5.74, 6) is 1.83. The molecule has 0 heterocycles. The van der Waals surface area contributed by atoms with Crippen molar-refractivity contribution in [2.75, 3.05) is 18.6 Å². The summed E-state index contributed by atoms with van der Waals surface area (Å²) >= 11 is 1.90. The van der Waals surface area contributed by atoms with Crippen molar-refractivity contribution >= 4 is 17.7 Å². The first kappa shape index (κ1) is 13.6. The van der Waals surface area contributed by atoms with E-state index in [0.717, 1.165) is 13.0 Å². The lowest BCUT2D eigenvalue weighted by Gasteiger charge is -2.08. The van der Waals surface area contributed by atoms with Gasteiger partial charge in [0.1, 0.15) is 0 Å². The Bertz CT molecular complexity index is 157.